The molecule has 0 spiro atoms. The standard InChI is InChI=1S/C17H15N3O2/c1-13(21)14-7-9-15(10-8-14)16(11-19-20-18)12-22-17-5-3-2-4-6-17/h2-10,12H,11H2,1H3/b16-12+. The molecule has 0 aliphatic heterocycles. The van der Waals surface area contributed by atoms with E-state index in [2.05, 4.69) is 10.0 Å². The maximum absolute atomic E-state index is 11.3. The molecule has 0 aliphatic carbocycles. The second kappa shape index (κ2) is 7.67. The van der Waals surface area contributed by atoms with Gasteiger partial charge in [0.2, 0.25) is 0 Å². The third kappa shape index (κ3) is 4.23. The predicted molar refractivity (Wildman–Crippen MR) is 85.5 cm³/mol. The summed E-state index contributed by atoms with van der Waals surface area (Å²) < 4.78 is 5.59. The van der Waals surface area contributed by atoms with Crippen molar-refractivity contribution in [2.75, 3.05) is 6.54 Å². The van der Waals surface area contributed by atoms with E-state index in [0.717, 1.165) is 11.1 Å². The third-order valence-corrected chi connectivity index (χ3v) is 3.05. The van der Waals surface area contributed by atoms with E-state index in [0.29, 0.717) is 11.3 Å². The first-order chi connectivity index (χ1) is 10.7. The second-order valence-corrected chi connectivity index (χ2v) is 4.60. The zero-order valence-corrected chi connectivity index (χ0v) is 12.1. The minimum Gasteiger partial charge on any atom is -0.465 e. The highest BCUT2D eigenvalue weighted by molar-refractivity contribution is 5.94. The number of carbonyl (C=O) groups is 1. The first kappa shape index (κ1) is 15.4. The van der Waals surface area contributed by atoms with Crippen LogP contribution in [-0.2, 0) is 0 Å². The van der Waals surface area contributed by atoms with Gasteiger partial charge in [-0.15, -0.1) is 0 Å². The number of hydrogen-bond acceptors (Lipinski definition) is 3. The van der Waals surface area contributed by atoms with Crippen molar-refractivity contribution in [3.63, 3.8) is 0 Å². The Kier molecular flexibility index (Phi) is 5.35. The number of carbonyl (C=O) groups excluding carboxylic acids is 1. The number of nitrogens with zero attached hydrogens (tertiary/aromatic N) is 3. The molecule has 0 unspecified atom stereocenters. The zero-order chi connectivity index (χ0) is 15.8. The largest absolute Gasteiger partial charge is 0.465 e. The Morgan fingerprint density at radius 2 is 1.77 bits per heavy atom. The van der Waals surface area contributed by atoms with E-state index >= 15 is 0 Å². The fourth-order valence-electron chi connectivity index (χ4n) is 1.86. The number of Topliss-reactive ketones (excluding diaryl/α,β-unsaturated/α-hetero) is 1. The molecule has 0 N–H and O–H groups in total. The normalized spacial score (nSPS) is 10.7. The van der Waals surface area contributed by atoms with Gasteiger partial charge in [-0.05, 0) is 30.2 Å². The molecule has 0 heterocycles. The van der Waals surface area contributed by atoms with E-state index in [9.17, 15) is 4.79 Å². The van der Waals surface area contributed by atoms with Crippen LogP contribution in [0.1, 0.15) is 22.8 Å². The number of rotatable bonds is 6. The molecule has 0 radical (unpaired) electrons. The lowest BCUT2D eigenvalue weighted by Crippen LogP contribution is -1.95. The van der Waals surface area contributed by atoms with Gasteiger partial charge in [0.1, 0.15) is 5.75 Å². The summed E-state index contributed by atoms with van der Waals surface area (Å²) in [6, 6.07) is 16.4. The summed E-state index contributed by atoms with van der Waals surface area (Å²) in [5.74, 6) is 0.703. The van der Waals surface area contributed by atoms with Crippen molar-refractivity contribution in [2.45, 2.75) is 6.92 Å². The number of azide groups is 1. The lowest BCUT2D eigenvalue weighted by atomic mass is 10.0. The monoisotopic (exact) mass is 293 g/mol. The topological polar surface area (TPSA) is 75.1 Å². The average molecular weight is 293 g/mol. The molecule has 0 atom stereocenters. The van der Waals surface area contributed by atoms with Crippen molar-refractivity contribution < 1.29 is 9.53 Å². The zero-order valence-electron chi connectivity index (χ0n) is 12.1. The Morgan fingerprint density at radius 1 is 1.14 bits per heavy atom. The average Bonchev–Trinajstić information content (AvgIpc) is 2.56. The van der Waals surface area contributed by atoms with Gasteiger partial charge in [0, 0.05) is 16.0 Å². The van der Waals surface area contributed by atoms with Crippen molar-refractivity contribution in [1.29, 1.82) is 0 Å². The van der Waals surface area contributed by atoms with Crippen LogP contribution in [0.25, 0.3) is 16.0 Å². The van der Waals surface area contributed by atoms with Crippen LogP contribution >= 0.6 is 0 Å². The molecule has 5 heteroatoms. The quantitative estimate of drug-likeness (QED) is 0.256. The molecule has 0 saturated carbocycles. The molecule has 0 fully saturated rings. The van der Waals surface area contributed by atoms with Gasteiger partial charge in [-0.25, -0.2) is 0 Å². The number of benzene rings is 2. The highest BCUT2D eigenvalue weighted by atomic mass is 16.5. The van der Waals surface area contributed by atoms with Crippen LogP contribution in [0.3, 0.4) is 0 Å². The van der Waals surface area contributed by atoms with E-state index in [4.69, 9.17) is 10.3 Å². The highest BCUT2D eigenvalue weighted by Gasteiger charge is 2.04. The summed E-state index contributed by atoms with van der Waals surface area (Å²) in [6.45, 7) is 1.69. The van der Waals surface area contributed by atoms with Crippen molar-refractivity contribution in [3.05, 3.63) is 82.4 Å². The summed E-state index contributed by atoms with van der Waals surface area (Å²) in [7, 11) is 0. The molecule has 110 valence electrons. The fourth-order valence-corrected chi connectivity index (χ4v) is 1.86. The van der Waals surface area contributed by atoms with Crippen molar-refractivity contribution in [2.24, 2.45) is 5.11 Å². The van der Waals surface area contributed by atoms with Crippen LogP contribution in [0, 0.1) is 0 Å². The van der Waals surface area contributed by atoms with E-state index in [1.54, 1.807) is 18.4 Å². The van der Waals surface area contributed by atoms with Gasteiger partial charge in [-0.2, -0.15) is 0 Å². The van der Waals surface area contributed by atoms with Crippen molar-refractivity contribution in [3.8, 4) is 5.75 Å². The summed E-state index contributed by atoms with van der Waals surface area (Å²) in [4.78, 5) is 14.1. The molecule has 0 saturated heterocycles. The van der Waals surface area contributed by atoms with E-state index < -0.39 is 0 Å². The van der Waals surface area contributed by atoms with Crippen molar-refractivity contribution in [1.82, 2.24) is 0 Å². The second-order valence-electron chi connectivity index (χ2n) is 4.60. The van der Waals surface area contributed by atoms with E-state index in [1.807, 2.05) is 42.5 Å². The van der Waals surface area contributed by atoms with Gasteiger partial charge in [0.15, 0.2) is 5.78 Å². The predicted octanol–water partition coefficient (Wildman–Crippen LogP) is 4.62. The van der Waals surface area contributed by atoms with Gasteiger partial charge >= 0.3 is 0 Å². The third-order valence-electron chi connectivity index (χ3n) is 3.05. The Morgan fingerprint density at radius 3 is 2.36 bits per heavy atom. The Balaban J connectivity index is 2.24. The molecular weight excluding hydrogens is 278 g/mol. The first-order valence-electron chi connectivity index (χ1n) is 6.73. The molecule has 0 aromatic heterocycles. The minimum atomic E-state index is 0.00709. The number of ketones is 1. The number of para-hydroxylation sites is 1. The van der Waals surface area contributed by atoms with Crippen LogP contribution < -0.4 is 4.74 Å². The summed E-state index contributed by atoms with van der Waals surface area (Å²) >= 11 is 0. The molecule has 22 heavy (non-hydrogen) atoms. The minimum absolute atomic E-state index is 0.00709. The van der Waals surface area contributed by atoms with Crippen LogP contribution in [0.5, 0.6) is 5.75 Å². The molecule has 2 aromatic rings. The highest BCUT2D eigenvalue weighted by Crippen LogP contribution is 2.18. The maximum atomic E-state index is 11.3. The lowest BCUT2D eigenvalue weighted by Gasteiger charge is -2.07. The van der Waals surface area contributed by atoms with E-state index in [1.165, 1.54) is 6.92 Å². The molecule has 2 rings (SSSR count). The Labute approximate surface area is 128 Å². The van der Waals surface area contributed by atoms with Gasteiger partial charge in [-0.1, -0.05) is 47.6 Å². The van der Waals surface area contributed by atoms with Crippen LogP contribution in [0.4, 0.5) is 0 Å². The molecule has 0 aliphatic rings. The fraction of sp³-hybridized carbons (Fsp3) is 0.118. The van der Waals surface area contributed by atoms with Crippen LogP contribution in [0.15, 0.2) is 66.0 Å². The molecule has 0 amide bonds. The smallest absolute Gasteiger partial charge is 0.159 e. The number of hydrogen-bond donors (Lipinski definition) is 0. The van der Waals surface area contributed by atoms with Crippen molar-refractivity contribution >= 4 is 11.4 Å². The first-order valence-corrected chi connectivity index (χ1v) is 6.73. The summed E-state index contributed by atoms with van der Waals surface area (Å²) in [5, 5.41) is 3.58. The van der Waals surface area contributed by atoms with Crippen LogP contribution in [-0.4, -0.2) is 12.3 Å². The molecule has 2 aromatic carbocycles. The summed E-state index contributed by atoms with van der Waals surface area (Å²) in [5.41, 5.74) is 10.7. The van der Waals surface area contributed by atoms with E-state index in [-0.39, 0.29) is 12.3 Å². The van der Waals surface area contributed by atoms with Gasteiger partial charge in [-0.3, -0.25) is 4.79 Å². The molecule has 0 bridgehead atoms. The Bertz CT molecular complexity index is 715. The SMILES string of the molecule is CC(=O)c1ccc(/C(=C/Oc2ccccc2)CN=[N+]=[N-])cc1. The summed E-state index contributed by atoms with van der Waals surface area (Å²) in [6.07, 6.45) is 1.56. The number of ether oxygens (including phenoxy) is 1. The van der Waals surface area contributed by atoms with Crippen LogP contribution in [0.2, 0.25) is 0 Å². The van der Waals surface area contributed by atoms with Gasteiger partial charge < -0.3 is 4.74 Å². The molecule has 5 nitrogen and oxygen atoms in total. The van der Waals surface area contributed by atoms with Gasteiger partial charge in [0.25, 0.3) is 0 Å². The lowest BCUT2D eigenvalue weighted by molar-refractivity contribution is 0.101. The molecular formula is C17H15N3O2. The van der Waals surface area contributed by atoms with Gasteiger partial charge in [0.05, 0.1) is 12.8 Å². The Hall–Kier alpha value is -3.04. The maximum Gasteiger partial charge on any atom is 0.159 e.